The van der Waals surface area contributed by atoms with Gasteiger partial charge >= 0.3 is 0 Å². The van der Waals surface area contributed by atoms with Crippen LogP contribution in [0.3, 0.4) is 0 Å². The zero-order valence-electron chi connectivity index (χ0n) is 11.1. The number of nitriles is 2. The first-order valence-corrected chi connectivity index (χ1v) is 6.02. The smallest absolute Gasteiger partial charge is 0.159 e. The van der Waals surface area contributed by atoms with Crippen LogP contribution in [0.1, 0.15) is 0 Å². The van der Waals surface area contributed by atoms with E-state index >= 15 is 0 Å². The molecule has 21 heavy (non-hydrogen) atoms. The highest BCUT2D eigenvalue weighted by atomic mass is 15.2. The molecule has 0 spiro atoms. The summed E-state index contributed by atoms with van der Waals surface area (Å²) >= 11 is 0. The molecule has 2 heterocycles. The number of hydrogen-bond donors (Lipinski definition) is 2. The van der Waals surface area contributed by atoms with Gasteiger partial charge in [0.1, 0.15) is 25.1 Å². The largest absolute Gasteiger partial charge is 0.393 e. The van der Waals surface area contributed by atoms with Crippen molar-refractivity contribution in [3.8, 4) is 12.1 Å². The molecule has 0 fully saturated rings. The van der Waals surface area contributed by atoms with Crippen LogP contribution in [0.4, 0.5) is 23.0 Å². The van der Waals surface area contributed by atoms with Gasteiger partial charge in [-0.15, -0.1) is 0 Å². The van der Waals surface area contributed by atoms with Gasteiger partial charge in [-0.05, 0) is 12.1 Å². The molecule has 0 aliphatic carbocycles. The number of pyridine rings is 1. The molecule has 0 saturated carbocycles. The van der Waals surface area contributed by atoms with Gasteiger partial charge < -0.3 is 16.0 Å². The van der Waals surface area contributed by atoms with E-state index in [2.05, 4.69) is 20.3 Å². The summed E-state index contributed by atoms with van der Waals surface area (Å²) < 4.78 is 0. The first kappa shape index (κ1) is 14.0. The Morgan fingerprint density at radius 1 is 1.14 bits per heavy atom. The number of rotatable bonds is 5. The Kier molecular flexibility index (Phi) is 4.46. The lowest BCUT2D eigenvalue weighted by Gasteiger charge is -2.19. The zero-order chi connectivity index (χ0) is 15.1. The third kappa shape index (κ3) is 3.33. The van der Waals surface area contributed by atoms with Gasteiger partial charge in [0, 0.05) is 18.1 Å². The van der Waals surface area contributed by atoms with Gasteiger partial charge in [-0.2, -0.15) is 10.5 Å². The van der Waals surface area contributed by atoms with E-state index < -0.39 is 0 Å². The molecule has 0 aromatic carbocycles. The van der Waals surface area contributed by atoms with Gasteiger partial charge in [0.15, 0.2) is 11.6 Å². The maximum Gasteiger partial charge on any atom is 0.159 e. The van der Waals surface area contributed by atoms with E-state index in [1.165, 1.54) is 11.2 Å². The van der Waals surface area contributed by atoms with Crippen molar-refractivity contribution in [1.82, 2.24) is 15.0 Å². The lowest BCUT2D eigenvalue weighted by Crippen LogP contribution is -2.26. The fourth-order valence-corrected chi connectivity index (χ4v) is 1.69. The van der Waals surface area contributed by atoms with Gasteiger partial charge in [-0.25, -0.2) is 9.97 Å². The Morgan fingerprint density at radius 2 is 1.81 bits per heavy atom. The fourth-order valence-electron chi connectivity index (χ4n) is 1.69. The van der Waals surface area contributed by atoms with Crippen molar-refractivity contribution >= 4 is 23.0 Å². The molecule has 0 atom stereocenters. The molecule has 0 amide bonds. The number of nitrogens with zero attached hydrogens (tertiary/aromatic N) is 6. The quantitative estimate of drug-likeness (QED) is 0.778. The van der Waals surface area contributed by atoms with Crippen LogP contribution in [0, 0.1) is 22.7 Å². The van der Waals surface area contributed by atoms with Crippen molar-refractivity contribution < 1.29 is 0 Å². The van der Waals surface area contributed by atoms with Crippen LogP contribution in [0.25, 0.3) is 0 Å². The molecule has 0 radical (unpaired) electrons. The second-order valence-corrected chi connectivity index (χ2v) is 3.99. The molecule has 0 aliphatic rings. The Balaban J connectivity index is 2.31. The minimum Gasteiger partial charge on any atom is -0.393 e. The summed E-state index contributed by atoms with van der Waals surface area (Å²) in [6.45, 7) is 0.0347. The molecule has 8 heteroatoms. The second-order valence-electron chi connectivity index (χ2n) is 3.99. The van der Waals surface area contributed by atoms with E-state index in [0.717, 1.165) is 5.69 Å². The first-order chi connectivity index (χ1) is 10.3. The highest BCUT2D eigenvalue weighted by molar-refractivity contribution is 5.78. The predicted molar refractivity (Wildman–Crippen MR) is 77.4 cm³/mol. The molecule has 0 bridgehead atoms. The molecule has 3 N–H and O–H groups in total. The maximum atomic E-state index is 8.81. The van der Waals surface area contributed by atoms with Gasteiger partial charge in [-0.1, -0.05) is 0 Å². The number of anilines is 4. The van der Waals surface area contributed by atoms with Crippen LogP contribution in [-0.4, -0.2) is 28.0 Å². The van der Waals surface area contributed by atoms with E-state index in [-0.39, 0.29) is 18.8 Å². The molecule has 0 unspecified atom stereocenters. The number of hydrogen-bond acceptors (Lipinski definition) is 8. The summed E-state index contributed by atoms with van der Waals surface area (Å²) in [7, 11) is 0. The summed E-state index contributed by atoms with van der Waals surface area (Å²) in [6, 6.07) is 7.49. The number of nitrogens with one attached hydrogen (secondary N) is 1. The average molecular weight is 280 g/mol. The zero-order valence-corrected chi connectivity index (χ0v) is 11.1. The second kappa shape index (κ2) is 6.68. The van der Waals surface area contributed by atoms with E-state index in [0.29, 0.717) is 11.6 Å². The van der Waals surface area contributed by atoms with Crippen LogP contribution in [-0.2, 0) is 0 Å². The predicted octanol–water partition coefficient (Wildman–Crippen LogP) is 1.05. The fraction of sp³-hybridized carbons (Fsp3) is 0.154. The van der Waals surface area contributed by atoms with Crippen molar-refractivity contribution in [2.45, 2.75) is 0 Å². The number of nitrogen functional groups attached to an aromatic ring is 1. The van der Waals surface area contributed by atoms with Crippen molar-refractivity contribution in [2.24, 2.45) is 0 Å². The molecule has 0 aliphatic heterocycles. The molecule has 2 aromatic rings. The third-order valence-electron chi connectivity index (χ3n) is 2.63. The van der Waals surface area contributed by atoms with Crippen molar-refractivity contribution in [2.75, 3.05) is 29.0 Å². The highest BCUT2D eigenvalue weighted by Crippen LogP contribution is 2.27. The van der Waals surface area contributed by atoms with Crippen molar-refractivity contribution in [3.63, 3.8) is 0 Å². The Bertz CT molecular complexity index is 670. The Labute approximate surface area is 121 Å². The topological polar surface area (TPSA) is 128 Å². The normalized spacial score (nSPS) is 9.43. The van der Waals surface area contributed by atoms with Gasteiger partial charge in [0.25, 0.3) is 0 Å². The molecular formula is C13H12N8. The van der Waals surface area contributed by atoms with Crippen molar-refractivity contribution in [3.05, 3.63) is 30.9 Å². The monoisotopic (exact) mass is 280 g/mol. The molecule has 0 saturated heterocycles. The van der Waals surface area contributed by atoms with E-state index in [4.69, 9.17) is 16.3 Å². The number of nitrogens with two attached hydrogens (primary N) is 1. The summed E-state index contributed by atoms with van der Waals surface area (Å²) in [6.07, 6.45) is 4.60. The third-order valence-corrected chi connectivity index (χ3v) is 2.63. The summed E-state index contributed by atoms with van der Waals surface area (Å²) in [4.78, 5) is 13.5. The highest BCUT2D eigenvalue weighted by Gasteiger charge is 2.14. The van der Waals surface area contributed by atoms with E-state index in [1.54, 1.807) is 24.5 Å². The summed E-state index contributed by atoms with van der Waals surface area (Å²) in [5.74, 6) is 0.761. The van der Waals surface area contributed by atoms with Crippen LogP contribution < -0.4 is 16.0 Å². The minimum atomic E-state index is 0.0173. The van der Waals surface area contributed by atoms with Crippen molar-refractivity contribution in [1.29, 1.82) is 10.5 Å². The Morgan fingerprint density at radius 3 is 2.43 bits per heavy atom. The maximum absolute atomic E-state index is 8.81. The minimum absolute atomic E-state index is 0.0173. The van der Waals surface area contributed by atoms with Gasteiger partial charge in [-0.3, -0.25) is 4.98 Å². The average Bonchev–Trinajstić information content (AvgIpc) is 2.50. The lowest BCUT2D eigenvalue weighted by molar-refractivity contribution is 0.929. The molecule has 104 valence electrons. The first-order valence-electron chi connectivity index (χ1n) is 6.02. The van der Waals surface area contributed by atoms with Crippen LogP contribution >= 0.6 is 0 Å². The SMILES string of the molecule is N#CCN(CC#N)c1ncnc(Nc2ccncc2)c1N. The molecule has 8 nitrogen and oxygen atoms in total. The van der Waals surface area contributed by atoms with E-state index in [1.807, 2.05) is 12.1 Å². The molecular weight excluding hydrogens is 268 g/mol. The van der Waals surface area contributed by atoms with Gasteiger partial charge in [0.2, 0.25) is 0 Å². The van der Waals surface area contributed by atoms with Crippen LogP contribution in [0.15, 0.2) is 30.9 Å². The molecule has 2 rings (SSSR count). The Hall–Kier alpha value is -3.39. The van der Waals surface area contributed by atoms with Crippen LogP contribution in [0.5, 0.6) is 0 Å². The molecule has 2 aromatic heterocycles. The number of aromatic nitrogens is 3. The summed E-state index contributed by atoms with van der Waals surface area (Å²) in [5.41, 5.74) is 7.08. The standard InChI is InChI=1S/C13H12N8/c14-3-7-21(8-4-15)13-11(16)12(18-9-19-13)20-10-1-5-17-6-2-10/h1-2,5-6,9H,7-8,16H2,(H,17,18,19,20). The van der Waals surface area contributed by atoms with Crippen LogP contribution in [0.2, 0.25) is 0 Å². The summed E-state index contributed by atoms with van der Waals surface area (Å²) in [5, 5.41) is 20.7. The van der Waals surface area contributed by atoms with Gasteiger partial charge in [0.05, 0.1) is 12.1 Å². The van der Waals surface area contributed by atoms with E-state index in [9.17, 15) is 0 Å². The lowest BCUT2D eigenvalue weighted by atomic mass is 10.3.